The molecule has 1 aromatic heterocycles. The highest BCUT2D eigenvalue weighted by molar-refractivity contribution is 6.05. The maximum atomic E-state index is 12.3. The maximum Gasteiger partial charge on any atom is 0.255 e. The van der Waals surface area contributed by atoms with Gasteiger partial charge in [0.05, 0.1) is 5.52 Å². The van der Waals surface area contributed by atoms with Crippen LogP contribution in [0.15, 0.2) is 42.5 Å². The largest absolute Gasteiger partial charge is 0.322 e. The number of amides is 1. The van der Waals surface area contributed by atoms with Crippen molar-refractivity contribution in [3.05, 3.63) is 53.6 Å². The Morgan fingerprint density at radius 3 is 2.86 bits per heavy atom. The minimum Gasteiger partial charge on any atom is -0.322 e. The topological polar surface area (TPSA) is 59.8 Å². The summed E-state index contributed by atoms with van der Waals surface area (Å²) >= 11 is 0. The molecular formula is C17H18N4O. The van der Waals surface area contributed by atoms with Crippen molar-refractivity contribution in [2.24, 2.45) is 0 Å². The number of rotatable bonds is 4. The SMILES string of the molecule is CCCn1nnc2cc(C(=O)Nc3cccc(C)c3)ccc21. The minimum absolute atomic E-state index is 0.141. The zero-order valence-corrected chi connectivity index (χ0v) is 12.7. The van der Waals surface area contributed by atoms with Gasteiger partial charge >= 0.3 is 0 Å². The first-order valence-electron chi connectivity index (χ1n) is 7.38. The van der Waals surface area contributed by atoms with Gasteiger partial charge in [0.25, 0.3) is 5.91 Å². The summed E-state index contributed by atoms with van der Waals surface area (Å²) in [4.78, 5) is 12.3. The van der Waals surface area contributed by atoms with E-state index in [2.05, 4.69) is 22.6 Å². The van der Waals surface area contributed by atoms with E-state index in [9.17, 15) is 4.79 Å². The molecule has 0 radical (unpaired) electrons. The van der Waals surface area contributed by atoms with Gasteiger partial charge in [0.2, 0.25) is 0 Å². The minimum atomic E-state index is -0.141. The summed E-state index contributed by atoms with van der Waals surface area (Å²) in [6, 6.07) is 13.2. The second kappa shape index (κ2) is 5.97. The molecule has 0 aliphatic carbocycles. The number of nitrogens with one attached hydrogen (secondary N) is 1. The first-order chi connectivity index (χ1) is 10.7. The molecule has 0 spiro atoms. The molecule has 3 aromatic rings. The van der Waals surface area contributed by atoms with Gasteiger partial charge < -0.3 is 5.32 Å². The summed E-state index contributed by atoms with van der Waals surface area (Å²) in [6.45, 7) is 4.91. The highest BCUT2D eigenvalue weighted by atomic mass is 16.1. The van der Waals surface area contributed by atoms with Crippen LogP contribution in [-0.2, 0) is 6.54 Å². The quantitative estimate of drug-likeness (QED) is 0.802. The summed E-state index contributed by atoms with van der Waals surface area (Å²) in [5.74, 6) is -0.141. The van der Waals surface area contributed by atoms with Crippen LogP contribution in [0.4, 0.5) is 5.69 Å². The monoisotopic (exact) mass is 294 g/mol. The van der Waals surface area contributed by atoms with E-state index in [0.717, 1.165) is 35.2 Å². The molecule has 0 fully saturated rings. The van der Waals surface area contributed by atoms with Crippen molar-refractivity contribution in [3.63, 3.8) is 0 Å². The van der Waals surface area contributed by atoms with Crippen molar-refractivity contribution >= 4 is 22.6 Å². The molecule has 0 aliphatic heterocycles. The number of carbonyl (C=O) groups excluding carboxylic acids is 1. The average molecular weight is 294 g/mol. The van der Waals surface area contributed by atoms with E-state index in [0.29, 0.717) is 5.56 Å². The van der Waals surface area contributed by atoms with Crippen LogP contribution in [0.25, 0.3) is 11.0 Å². The van der Waals surface area contributed by atoms with E-state index in [4.69, 9.17) is 0 Å². The highest BCUT2D eigenvalue weighted by Gasteiger charge is 2.10. The fourth-order valence-electron chi connectivity index (χ4n) is 2.42. The first kappa shape index (κ1) is 14.3. The molecular weight excluding hydrogens is 276 g/mol. The molecule has 0 unspecified atom stereocenters. The van der Waals surface area contributed by atoms with Gasteiger partial charge in [-0.15, -0.1) is 5.10 Å². The Morgan fingerprint density at radius 1 is 1.23 bits per heavy atom. The van der Waals surface area contributed by atoms with E-state index < -0.39 is 0 Å². The Labute approximate surface area is 129 Å². The van der Waals surface area contributed by atoms with Gasteiger partial charge in [-0.1, -0.05) is 24.3 Å². The molecule has 0 saturated carbocycles. The molecule has 5 nitrogen and oxygen atoms in total. The molecule has 1 heterocycles. The molecule has 0 bridgehead atoms. The molecule has 0 atom stereocenters. The lowest BCUT2D eigenvalue weighted by molar-refractivity contribution is 0.102. The number of aromatic nitrogens is 3. The highest BCUT2D eigenvalue weighted by Crippen LogP contribution is 2.16. The van der Waals surface area contributed by atoms with Crippen molar-refractivity contribution in [3.8, 4) is 0 Å². The van der Waals surface area contributed by atoms with Crippen LogP contribution in [0, 0.1) is 6.92 Å². The molecule has 5 heteroatoms. The zero-order chi connectivity index (χ0) is 15.5. The van der Waals surface area contributed by atoms with Crippen LogP contribution in [-0.4, -0.2) is 20.9 Å². The standard InChI is InChI=1S/C17H18N4O/c1-3-9-21-16-8-7-13(11-15(16)19-20-21)17(22)18-14-6-4-5-12(2)10-14/h4-8,10-11H,3,9H2,1-2H3,(H,18,22). The Kier molecular flexibility index (Phi) is 3.87. The second-order valence-electron chi connectivity index (χ2n) is 5.34. The summed E-state index contributed by atoms with van der Waals surface area (Å²) < 4.78 is 1.86. The number of anilines is 1. The predicted molar refractivity (Wildman–Crippen MR) is 87.0 cm³/mol. The van der Waals surface area contributed by atoms with Gasteiger partial charge in [-0.05, 0) is 49.2 Å². The molecule has 22 heavy (non-hydrogen) atoms. The Morgan fingerprint density at radius 2 is 2.09 bits per heavy atom. The Balaban J connectivity index is 1.85. The average Bonchev–Trinajstić information content (AvgIpc) is 2.90. The molecule has 0 saturated heterocycles. The third-order valence-electron chi connectivity index (χ3n) is 3.49. The molecule has 0 aliphatic rings. The number of benzene rings is 2. The lowest BCUT2D eigenvalue weighted by Crippen LogP contribution is -2.11. The van der Waals surface area contributed by atoms with Crippen LogP contribution >= 0.6 is 0 Å². The van der Waals surface area contributed by atoms with Crippen LogP contribution in [0.5, 0.6) is 0 Å². The van der Waals surface area contributed by atoms with Gasteiger partial charge in [-0.2, -0.15) is 0 Å². The predicted octanol–water partition coefficient (Wildman–Crippen LogP) is 3.40. The van der Waals surface area contributed by atoms with E-state index in [1.807, 2.05) is 48.0 Å². The third-order valence-corrected chi connectivity index (χ3v) is 3.49. The smallest absolute Gasteiger partial charge is 0.255 e. The van der Waals surface area contributed by atoms with Gasteiger partial charge in [0.15, 0.2) is 0 Å². The summed E-state index contributed by atoms with van der Waals surface area (Å²) in [7, 11) is 0. The number of nitrogens with zero attached hydrogens (tertiary/aromatic N) is 3. The maximum absolute atomic E-state index is 12.3. The number of hydrogen-bond acceptors (Lipinski definition) is 3. The fourth-order valence-corrected chi connectivity index (χ4v) is 2.42. The van der Waals surface area contributed by atoms with Crippen LogP contribution < -0.4 is 5.32 Å². The fraction of sp³-hybridized carbons (Fsp3) is 0.235. The van der Waals surface area contributed by atoms with Crippen LogP contribution in [0.3, 0.4) is 0 Å². The summed E-state index contributed by atoms with van der Waals surface area (Å²) in [6.07, 6.45) is 0.994. The number of aryl methyl sites for hydroxylation is 2. The van der Waals surface area contributed by atoms with Gasteiger partial charge in [0.1, 0.15) is 5.52 Å². The Hall–Kier alpha value is -2.69. The van der Waals surface area contributed by atoms with E-state index in [-0.39, 0.29) is 5.91 Å². The van der Waals surface area contributed by atoms with Gasteiger partial charge in [-0.25, -0.2) is 4.68 Å². The van der Waals surface area contributed by atoms with Crippen molar-refractivity contribution in [1.29, 1.82) is 0 Å². The van der Waals surface area contributed by atoms with Gasteiger partial charge in [0, 0.05) is 17.8 Å². The molecule has 112 valence electrons. The van der Waals surface area contributed by atoms with Crippen molar-refractivity contribution < 1.29 is 4.79 Å². The Bertz CT molecular complexity index is 822. The lowest BCUT2D eigenvalue weighted by Gasteiger charge is -2.06. The number of carbonyl (C=O) groups is 1. The molecule has 1 N–H and O–H groups in total. The third kappa shape index (κ3) is 2.83. The second-order valence-corrected chi connectivity index (χ2v) is 5.34. The van der Waals surface area contributed by atoms with Crippen molar-refractivity contribution in [1.82, 2.24) is 15.0 Å². The van der Waals surface area contributed by atoms with Crippen molar-refractivity contribution in [2.45, 2.75) is 26.8 Å². The zero-order valence-electron chi connectivity index (χ0n) is 12.7. The molecule has 2 aromatic carbocycles. The van der Waals surface area contributed by atoms with Crippen LogP contribution in [0.2, 0.25) is 0 Å². The first-order valence-corrected chi connectivity index (χ1v) is 7.38. The normalized spacial score (nSPS) is 10.8. The van der Waals surface area contributed by atoms with Crippen LogP contribution in [0.1, 0.15) is 29.3 Å². The number of fused-ring (bicyclic) bond motifs is 1. The van der Waals surface area contributed by atoms with Crippen molar-refractivity contribution in [2.75, 3.05) is 5.32 Å². The summed E-state index contributed by atoms with van der Waals surface area (Å²) in [5, 5.41) is 11.2. The van der Waals surface area contributed by atoms with Gasteiger partial charge in [-0.3, -0.25) is 4.79 Å². The molecule has 3 rings (SSSR count). The van der Waals surface area contributed by atoms with E-state index in [1.54, 1.807) is 6.07 Å². The lowest BCUT2D eigenvalue weighted by atomic mass is 10.1. The van der Waals surface area contributed by atoms with E-state index in [1.165, 1.54) is 0 Å². The van der Waals surface area contributed by atoms with E-state index >= 15 is 0 Å². The number of hydrogen-bond donors (Lipinski definition) is 1. The molecule has 1 amide bonds. The summed E-state index contributed by atoms with van der Waals surface area (Å²) in [5.41, 5.74) is 4.17.